The van der Waals surface area contributed by atoms with Crippen LogP contribution in [0.1, 0.15) is 0 Å². The summed E-state index contributed by atoms with van der Waals surface area (Å²) in [5, 5.41) is 0. The fourth-order valence-corrected chi connectivity index (χ4v) is 2.04. The van der Waals surface area contributed by atoms with Crippen molar-refractivity contribution in [3.63, 3.8) is 0 Å². The fourth-order valence-electron chi connectivity index (χ4n) is 1.26. The molecule has 0 spiro atoms. The molecule has 0 aromatic heterocycles. The zero-order valence-electron chi connectivity index (χ0n) is 8.07. The van der Waals surface area contributed by atoms with E-state index in [1.54, 1.807) is 24.1 Å². The van der Waals surface area contributed by atoms with Gasteiger partial charge in [0.05, 0.1) is 5.69 Å². The van der Waals surface area contributed by atoms with E-state index in [-0.39, 0.29) is 5.75 Å². The summed E-state index contributed by atoms with van der Waals surface area (Å²) in [5.74, 6) is 0.672. The number of halogens is 3. The van der Waals surface area contributed by atoms with Gasteiger partial charge in [0.1, 0.15) is 5.75 Å². The van der Waals surface area contributed by atoms with E-state index >= 15 is 0 Å². The Labute approximate surface area is 94.8 Å². The Morgan fingerprint density at radius 3 is 2.38 bits per heavy atom. The minimum Gasteiger partial charge on any atom is -0.406 e. The van der Waals surface area contributed by atoms with Gasteiger partial charge in [-0.25, -0.2) is 0 Å². The van der Waals surface area contributed by atoms with Crippen LogP contribution in [0.5, 0.6) is 5.75 Å². The van der Waals surface area contributed by atoms with Crippen LogP contribution >= 0.6 is 11.9 Å². The van der Waals surface area contributed by atoms with Gasteiger partial charge < -0.3 is 4.74 Å². The molecule has 1 aliphatic rings. The summed E-state index contributed by atoms with van der Waals surface area (Å²) in [6, 6.07) is 5.78. The average molecular weight is 247 g/mol. The van der Waals surface area contributed by atoms with E-state index in [9.17, 15) is 13.2 Å². The summed E-state index contributed by atoms with van der Waals surface area (Å²) in [4.78, 5) is 0. The average Bonchev–Trinajstić information content (AvgIpc) is 2.69. The van der Waals surface area contributed by atoms with Crippen molar-refractivity contribution < 1.29 is 17.9 Å². The SMILES string of the molecule is FC(F)(F)Oc1ccc(N2C=CCS2)cc1. The van der Waals surface area contributed by atoms with Gasteiger partial charge >= 0.3 is 6.36 Å². The molecule has 1 aliphatic heterocycles. The molecule has 0 bridgehead atoms. The van der Waals surface area contributed by atoms with Crippen LogP contribution < -0.4 is 9.04 Å². The Morgan fingerprint density at radius 1 is 1.19 bits per heavy atom. The Morgan fingerprint density at radius 2 is 1.88 bits per heavy atom. The van der Waals surface area contributed by atoms with E-state index < -0.39 is 6.36 Å². The summed E-state index contributed by atoms with van der Waals surface area (Å²) >= 11 is 1.57. The molecule has 86 valence electrons. The van der Waals surface area contributed by atoms with Gasteiger partial charge in [-0.05, 0) is 36.2 Å². The van der Waals surface area contributed by atoms with Crippen LogP contribution in [0.4, 0.5) is 18.9 Å². The van der Waals surface area contributed by atoms with Crippen molar-refractivity contribution in [1.82, 2.24) is 0 Å². The van der Waals surface area contributed by atoms with Crippen molar-refractivity contribution in [2.45, 2.75) is 6.36 Å². The second kappa shape index (κ2) is 4.29. The molecule has 0 fully saturated rings. The van der Waals surface area contributed by atoms with E-state index in [1.165, 1.54) is 12.1 Å². The highest BCUT2D eigenvalue weighted by Gasteiger charge is 2.31. The molecule has 2 rings (SSSR count). The predicted octanol–water partition coefficient (Wildman–Crippen LogP) is 3.57. The summed E-state index contributed by atoms with van der Waals surface area (Å²) in [5.41, 5.74) is 0.827. The molecule has 0 N–H and O–H groups in total. The van der Waals surface area contributed by atoms with Gasteiger partial charge in [-0.2, -0.15) is 0 Å². The quantitative estimate of drug-likeness (QED) is 0.741. The maximum absolute atomic E-state index is 11.9. The number of benzene rings is 1. The van der Waals surface area contributed by atoms with Gasteiger partial charge in [-0.15, -0.1) is 13.2 Å². The predicted molar refractivity (Wildman–Crippen MR) is 57.2 cm³/mol. The first-order valence-electron chi connectivity index (χ1n) is 4.49. The van der Waals surface area contributed by atoms with Crippen molar-refractivity contribution >= 4 is 17.6 Å². The van der Waals surface area contributed by atoms with Crippen LogP contribution in [-0.2, 0) is 0 Å². The molecular weight excluding hydrogens is 239 g/mol. The molecule has 2 nitrogen and oxygen atoms in total. The van der Waals surface area contributed by atoms with E-state index in [0.29, 0.717) is 0 Å². The Kier molecular flexibility index (Phi) is 3.00. The summed E-state index contributed by atoms with van der Waals surface area (Å²) in [6.45, 7) is 0. The molecule has 0 unspecified atom stereocenters. The standard InChI is InChI=1S/C10H8F3NOS/c11-10(12,13)15-9-4-2-8(3-5-9)14-6-1-7-16-14/h1-6H,7H2. The number of hydrogen-bond acceptors (Lipinski definition) is 3. The summed E-state index contributed by atoms with van der Waals surface area (Å²) in [7, 11) is 0. The van der Waals surface area contributed by atoms with Crippen LogP contribution in [0.25, 0.3) is 0 Å². The van der Waals surface area contributed by atoms with Crippen LogP contribution in [-0.4, -0.2) is 12.1 Å². The molecule has 0 saturated heterocycles. The third kappa shape index (κ3) is 2.85. The normalized spacial score (nSPS) is 15.6. The lowest BCUT2D eigenvalue weighted by Gasteiger charge is -2.14. The Hall–Kier alpha value is -1.30. The molecule has 0 aliphatic carbocycles. The second-order valence-corrected chi connectivity index (χ2v) is 4.03. The van der Waals surface area contributed by atoms with Crippen molar-refractivity contribution in [3.05, 3.63) is 36.5 Å². The largest absolute Gasteiger partial charge is 0.573 e. The van der Waals surface area contributed by atoms with E-state index in [4.69, 9.17) is 0 Å². The van der Waals surface area contributed by atoms with Crippen molar-refractivity contribution in [1.29, 1.82) is 0 Å². The second-order valence-electron chi connectivity index (χ2n) is 3.05. The highest BCUT2D eigenvalue weighted by molar-refractivity contribution is 8.01. The van der Waals surface area contributed by atoms with Crippen molar-refractivity contribution in [3.8, 4) is 5.75 Å². The molecule has 1 aromatic rings. The number of ether oxygens (including phenoxy) is 1. The zero-order valence-corrected chi connectivity index (χ0v) is 8.89. The fraction of sp³-hybridized carbons (Fsp3) is 0.200. The maximum atomic E-state index is 11.9. The van der Waals surface area contributed by atoms with E-state index in [2.05, 4.69) is 4.74 Å². The zero-order chi connectivity index (χ0) is 11.6. The van der Waals surface area contributed by atoms with Crippen LogP contribution in [0.3, 0.4) is 0 Å². The van der Waals surface area contributed by atoms with Gasteiger partial charge in [0.25, 0.3) is 0 Å². The molecule has 1 aromatic carbocycles. The Bertz CT molecular complexity index is 388. The topological polar surface area (TPSA) is 12.5 Å². The minimum atomic E-state index is -4.64. The highest BCUT2D eigenvalue weighted by atomic mass is 32.2. The molecule has 0 saturated carbocycles. The van der Waals surface area contributed by atoms with Gasteiger partial charge in [0.15, 0.2) is 0 Å². The monoisotopic (exact) mass is 247 g/mol. The highest BCUT2D eigenvalue weighted by Crippen LogP contribution is 2.30. The lowest BCUT2D eigenvalue weighted by molar-refractivity contribution is -0.274. The molecule has 6 heteroatoms. The van der Waals surface area contributed by atoms with E-state index in [1.807, 2.05) is 16.6 Å². The molecule has 0 atom stereocenters. The number of hydrogen-bond donors (Lipinski definition) is 0. The van der Waals surface area contributed by atoms with Crippen LogP contribution in [0.15, 0.2) is 36.5 Å². The van der Waals surface area contributed by atoms with Gasteiger partial charge in [-0.3, -0.25) is 4.31 Å². The molecular formula is C10H8F3NOS. The van der Waals surface area contributed by atoms with Crippen LogP contribution in [0.2, 0.25) is 0 Å². The molecule has 0 amide bonds. The van der Waals surface area contributed by atoms with Crippen molar-refractivity contribution in [2.24, 2.45) is 0 Å². The number of anilines is 1. The Balaban J connectivity index is 2.07. The molecule has 0 radical (unpaired) electrons. The molecule has 16 heavy (non-hydrogen) atoms. The molecule has 1 heterocycles. The smallest absolute Gasteiger partial charge is 0.406 e. The first kappa shape index (κ1) is 11.2. The van der Waals surface area contributed by atoms with Gasteiger partial charge in [0.2, 0.25) is 0 Å². The third-order valence-electron chi connectivity index (χ3n) is 1.88. The minimum absolute atomic E-state index is 0.204. The number of alkyl halides is 3. The van der Waals surface area contributed by atoms with Gasteiger partial charge in [0, 0.05) is 12.0 Å². The number of rotatable bonds is 2. The van der Waals surface area contributed by atoms with Gasteiger partial charge in [-0.1, -0.05) is 6.08 Å². The van der Waals surface area contributed by atoms with Crippen LogP contribution in [0, 0.1) is 0 Å². The lowest BCUT2D eigenvalue weighted by Crippen LogP contribution is -2.17. The van der Waals surface area contributed by atoms with Crippen molar-refractivity contribution in [2.75, 3.05) is 10.1 Å². The summed E-state index contributed by atoms with van der Waals surface area (Å²) in [6.07, 6.45) is -0.779. The summed E-state index contributed by atoms with van der Waals surface area (Å²) < 4.78 is 41.3. The first-order chi connectivity index (χ1) is 7.54. The third-order valence-corrected chi connectivity index (χ3v) is 2.83. The lowest BCUT2D eigenvalue weighted by atomic mass is 10.3. The number of nitrogens with zero attached hydrogens (tertiary/aromatic N) is 1. The van der Waals surface area contributed by atoms with E-state index in [0.717, 1.165) is 11.4 Å². The first-order valence-corrected chi connectivity index (χ1v) is 5.43. The maximum Gasteiger partial charge on any atom is 0.573 e.